The summed E-state index contributed by atoms with van der Waals surface area (Å²) in [6.07, 6.45) is 5.59. The molecule has 0 atom stereocenters. The van der Waals surface area contributed by atoms with Gasteiger partial charge >= 0.3 is 10.2 Å². The van der Waals surface area contributed by atoms with Gasteiger partial charge in [0, 0.05) is 11.3 Å². The maximum Gasteiger partial charge on any atom is 0.326 e. The number of carbonyl (C=O) groups is 1. The highest BCUT2D eigenvalue weighted by Gasteiger charge is 2.38. The number of halogens is 1. The monoisotopic (exact) mass is 394 g/mol. The number of aryl methyl sites for hydroxylation is 1. The van der Waals surface area contributed by atoms with E-state index in [0.717, 1.165) is 24.5 Å². The second-order valence-corrected chi connectivity index (χ2v) is 8.54. The highest BCUT2D eigenvalue weighted by molar-refractivity contribution is 7.92. The maximum absolute atomic E-state index is 15.1. The first-order valence-corrected chi connectivity index (χ1v) is 10.2. The van der Waals surface area contributed by atoms with Crippen LogP contribution in [0.4, 0.5) is 10.1 Å². The Labute approximate surface area is 155 Å². The number of hydrogen-bond donors (Lipinski definition) is 3. The zero-order chi connectivity index (χ0) is 19.2. The average molecular weight is 394 g/mol. The van der Waals surface area contributed by atoms with Gasteiger partial charge in [-0.25, -0.2) is 13.4 Å². The third kappa shape index (κ3) is 3.48. The van der Waals surface area contributed by atoms with Crippen LogP contribution in [0.5, 0.6) is 5.75 Å². The van der Waals surface area contributed by atoms with Crippen LogP contribution in [-0.4, -0.2) is 36.2 Å². The molecule has 0 unspecified atom stereocenters. The van der Waals surface area contributed by atoms with Gasteiger partial charge in [0.25, 0.3) is 5.91 Å². The molecule has 4 rings (SSSR count). The molecule has 0 radical (unpaired) electrons. The Kier molecular flexibility index (Phi) is 4.29. The minimum atomic E-state index is -4.24. The number of anilines is 1. The van der Waals surface area contributed by atoms with Crippen molar-refractivity contribution in [3.63, 3.8) is 0 Å². The molecule has 27 heavy (non-hydrogen) atoms. The van der Waals surface area contributed by atoms with Gasteiger partial charge in [0.15, 0.2) is 5.82 Å². The van der Waals surface area contributed by atoms with Crippen molar-refractivity contribution in [2.45, 2.75) is 32.1 Å². The Morgan fingerprint density at radius 2 is 2.11 bits per heavy atom. The summed E-state index contributed by atoms with van der Waals surface area (Å²) in [6.45, 7) is -0.594. The van der Waals surface area contributed by atoms with Crippen LogP contribution in [0.1, 0.15) is 31.4 Å². The molecular weight excluding hydrogens is 375 g/mol. The van der Waals surface area contributed by atoms with Gasteiger partial charge < -0.3 is 5.11 Å². The SMILES string of the molecule is O=C1CN(c2c(O)ccc(-c3cc(CCCC4CC4)[nH]n3)c2F)S(=O)(=O)N1. The predicted octanol–water partition coefficient (Wildman–Crippen LogP) is 1.84. The largest absolute Gasteiger partial charge is 0.506 e. The highest BCUT2D eigenvalue weighted by atomic mass is 32.2. The third-order valence-corrected chi connectivity index (χ3v) is 6.20. The van der Waals surface area contributed by atoms with Gasteiger partial charge in [0.2, 0.25) is 0 Å². The number of aromatic nitrogens is 2. The topological polar surface area (TPSA) is 115 Å². The summed E-state index contributed by atoms with van der Waals surface area (Å²) in [5.74, 6) is -1.48. The Morgan fingerprint density at radius 1 is 1.33 bits per heavy atom. The second-order valence-electron chi connectivity index (χ2n) is 6.95. The van der Waals surface area contributed by atoms with E-state index in [0.29, 0.717) is 10.00 Å². The molecule has 1 aromatic heterocycles. The molecule has 2 aliphatic rings. The molecule has 1 saturated heterocycles. The molecule has 8 nitrogen and oxygen atoms in total. The van der Waals surface area contributed by atoms with Crippen molar-refractivity contribution in [3.8, 4) is 17.0 Å². The molecule has 10 heteroatoms. The normalized spacial score (nSPS) is 18.7. The zero-order valence-corrected chi connectivity index (χ0v) is 15.2. The molecule has 3 N–H and O–H groups in total. The molecular formula is C17H19FN4O4S. The number of nitrogens with one attached hydrogen (secondary N) is 2. The fourth-order valence-electron chi connectivity index (χ4n) is 3.25. The number of rotatable bonds is 6. The zero-order valence-electron chi connectivity index (χ0n) is 14.4. The molecule has 1 aliphatic heterocycles. The number of hydrogen-bond acceptors (Lipinski definition) is 5. The van der Waals surface area contributed by atoms with Crippen LogP contribution in [-0.2, 0) is 21.4 Å². The smallest absolute Gasteiger partial charge is 0.326 e. The summed E-state index contributed by atoms with van der Waals surface area (Å²) in [5.41, 5.74) is 0.655. The van der Waals surface area contributed by atoms with Crippen LogP contribution in [0.25, 0.3) is 11.3 Å². The van der Waals surface area contributed by atoms with Gasteiger partial charge in [0.05, 0.1) is 5.69 Å². The van der Waals surface area contributed by atoms with Crippen molar-refractivity contribution in [2.75, 3.05) is 10.8 Å². The Bertz CT molecular complexity index is 1000. The molecule has 1 saturated carbocycles. The number of aromatic amines is 1. The number of H-pyrrole nitrogens is 1. The van der Waals surface area contributed by atoms with E-state index in [9.17, 15) is 18.3 Å². The Balaban J connectivity index is 1.62. The van der Waals surface area contributed by atoms with E-state index in [1.54, 1.807) is 10.8 Å². The van der Waals surface area contributed by atoms with Gasteiger partial charge in [-0.05, 0) is 37.0 Å². The van der Waals surface area contributed by atoms with E-state index in [1.807, 2.05) is 0 Å². The van der Waals surface area contributed by atoms with E-state index in [2.05, 4.69) is 10.2 Å². The summed E-state index contributed by atoms with van der Waals surface area (Å²) in [6, 6.07) is 4.23. The fourth-order valence-corrected chi connectivity index (χ4v) is 4.41. The van der Waals surface area contributed by atoms with Gasteiger partial charge in [-0.1, -0.05) is 19.3 Å². The van der Waals surface area contributed by atoms with Crippen molar-refractivity contribution >= 4 is 21.8 Å². The lowest BCUT2D eigenvalue weighted by Crippen LogP contribution is -2.30. The highest BCUT2D eigenvalue weighted by Crippen LogP contribution is 2.38. The number of phenols is 1. The summed E-state index contributed by atoms with van der Waals surface area (Å²) in [7, 11) is -4.24. The first-order chi connectivity index (χ1) is 12.8. The molecule has 1 amide bonds. The van der Waals surface area contributed by atoms with Crippen LogP contribution in [0.2, 0.25) is 0 Å². The van der Waals surface area contributed by atoms with E-state index in [4.69, 9.17) is 0 Å². The lowest BCUT2D eigenvalue weighted by atomic mass is 10.1. The fraction of sp³-hybridized carbons (Fsp3) is 0.412. The van der Waals surface area contributed by atoms with Crippen molar-refractivity contribution in [3.05, 3.63) is 29.7 Å². The molecule has 2 aromatic rings. The summed E-state index contributed by atoms with van der Waals surface area (Å²) < 4.78 is 41.3. The van der Waals surface area contributed by atoms with E-state index in [-0.39, 0.29) is 5.56 Å². The molecule has 2 fully saturated rings. The van der Waals surface area contributed by atoms with Crippen molar-refractivity contribution < 1.29 is 22.7 Å². The minimum absolute atomic E-state index is 0.0436. The molecule has 1 aliphatic carbocycles. The maximum atomic E-state index is 15.1. The van der Waals surface area contributed by atoms with E-state index in [1.165, 1.54) is 31.4 Å². The van der Waals surface area contributed by atoms with Crippen molar-refractivity contribution in [2.24, 2.45) is 5.92 Å². The summed E-state index contributed by atoms with van der Waals surface area (Å²) in [4.78, 5) is 11.4. The number of carbonyl (C=O) groups excluding carboxylic acids is 1. The minimum Gasteiger partial charge on any atom is -0.506 e. The predicted molar refractivity (Wildman–Crippen MR) is 95.7 cm³/mol. The third-order valence-electron chi connectivity index (χ3n) is 4.83. The van der Waals surface area contributed by atoms with E-state index >= 15 is 4.39 Å². The average Bonchev–Trinajstić information content (AvgIpc) is 3.22. The first-order valence-electron chi connectivity index (χ1n) is 8.74. The molecule has 2 heterocycles. The summed E-state index contributed by atoms with van der Waals surface area (Å²) >= 11 is 0. The lowest BCUT2D eigenvalue weighted by Gasteiger charge is -2.18. The van der Waals surface area contributed by atoms with Crippen LogP contribution in [0.15, 0.2) is 18.2 Å². The number of phenolic OH excluding ortho intramolecular Hbond substituents is 1. The quantitative estimate of drug-likeness (QED) is 0.691. The number of benzene rings is 1. The van der Waals surface area contributed by atoms with Gasteiger partial charge in [-0.2, -0.15) is 13.5 Å². The second kappa shape index (κ2) is 6.52. The molecule has 1 aromatic carbocycles. The van der Waals surface area contributed by atoms with Crippen LogP contribution >= 0.6 is 0 Å². The van der Waals surface area contributed by atoms with Gasteiger partial charge in [0.1, 0.15) is 18.0 Å². The van der Waals surface area contributed by atoms with Crippen molar-refractivity contribution in [1.29, 1.82) is 0 Å². The standard InChI is InChI=1S/C17H19FN4O4S/c18-16-12(13-8-11(19-20-13)3-1-2-10-4-5-10)6-7-14(23)17(16)22-9-15(24)21-27(22,25)26/h6-8,10,23H,1-5,9H2,(H,19,20)(H,21,24). The Hall–Kier alpha value is -2.62. The summed E-state index contributed by atoms with van der Waals surface area (Å²) in [5, 5.41) is 17.0. The number of nitrogens with zero attached hydrogens (tertiary/aromatic N) is 2. The van der Waals surface area contributed by atoms with Gasteiger partial charge in [-0.3, -0.25) is 9.89 Å². The first kappa shape index (κ1) is 17.8. The van der Waals surface area contributed by atoms with Crippen LogP contribution in [0, 0.1) is 11.7 Å². The van der Waals surface area contributed by atoms with Crippen molar-refractivity contribution in [1.82, 2.24) is 14.9 Å². The van der Waals surface area contributed by atoms with Crippen LogP contribution in [0.3, 0.4) is 0 Å². The van der Waals surface area contributed by atoms with Crippen LogP contribution < -0.4 is 9.03 Å². The number of amides is 1. The Morgan fingerprint density at radius 3 is 2.78 bits per heavy atom. The molecule has 144 valence electrons. The van der Waals surface area contributed by atoms with Gasteiger partial charge in [-0.15, -0.1) is 0 Å². The molecule has 0 bridgehead atoms. The molecule has 0 spiro atoms. The lowest BCUT2D eigenvalue weighted by molar-refractivity contribution is -0.117. The van der Waals surface area contributed by atoms with E-state index < -0.39 is 39.9 Å². The number of aromatic hydroxyl groups is 1.